The van der Waals surface area contributed by atoms with Crippen molar-refractivity contribution in [3.05, 3.63) is 48.0 Å². The molecule has 7 heteroatoms. The second kappa shape index (κ2) is 7.08. The summed E-state index contributed by atoms with van der Waals surface area (Å²) in [7, 11) is 0. The number of rotatable bonds is 3. The Morgan fingerprint density at radius 3 is 2.78 bits per heavy atom. The van der Waals surface area contributed by atoms with Gasteiger partial charge in [-0.3, -0.25) is 9.78 Å². The summed E-state index contributed by atoms with van der Waals surface area (Å²) < 4.78 is 1.74. The van der Waals surface area contributed by atoms with Crippen molar-refractivity contribution >= 4 is 16.7 Å². The van der Waals surface area contributed by atoms with E-state index >= 15 is 0 Å². The molecule has 1 aromatic carbocycles. The maximum absolute atomic E-state index is 13.0. The first-order valence-corrected chi connectivity index (χ1v) is 9.36. The fraction of sp³-hybridized carbons (Fsp3) is 0.400. The molecule has 1 fully saturated rings. The van der Waals surface area contributed by atoms with Gasteiger partial charge in [-0.25, -0.2) is 4.68 Å². The van der Waals surface area contributed by atoms with Crippen molar-refractivity contribution in [1.82, 2.24) is 24.9 Å². The molecular formula is C20H24N6O. The van der Waals surface area contributed by atoms with E-state index < -0.39 is 0 Å². The first kappa shape index (κ1) is 17.6. The van der Waals surface area contributed by atoms with Crippen molar-refractivity contribution in [2.24, 2.45) is 11.7 Å². The van der Waals surface area contributed by atoms with Crippen molar-refractivity contribution in [2.75, 3.05) is 13.1 Å². The van der Waals surface area contributed by atoms with Gasteiger partial charge in [0.2, 0.25) is 0 Å². The van der Waals surface area contributed by atoms with Crippen LogP contribution in [0.3, 0.4) is 0 Å². The number of benzene rings is 1. The van der Waals surface area contributed by atoms with Crippen LogP contribution in [0.25, 0.3) is 16.5 Å². The van der Waals surface area contributed by atoms with Gasteiger partial charge in [-0.1, -0.05) is 17.3 Å². The third-order valence-corrected chi connectivity index (χ3v) is 5.55. The lowest BCUT2D eigenvalue weighted by Crippen LogP contribution is -2.42. The largest absolute Gasteiger partial charge is 0.337 e. The Morgan fingerprint density at radius 2 is 2.04 bits per heavy atom. The van der Waals surface area contributed by atoms with Crippen LogP contribution in [0.4, 0.5) is 0 Å². The van der Waals surface area contributed by atoms with E-state index in [-0.39, 0.29) is 11.9 Å². The molecule has 1 aliphatic rings. The van der Waals surface area contributed by atoms with Crippen LogP contribution in [-0.2, 0) is 0 Å². The first-order chi connectivity index (χ1) is 13.1. The quantitative estimate of drug-likeness (QED) is 0.770. The Labute approximate surface area is 158 Å². The minimum absolute atomic E-state index is 0.0521. The number of pyridine rings is 1. The van der Waals surface area contributed by atoms with Crippen LogP contribution < -0.4 is 5.73 Å². The Bertz CT molecular complexity index is 966. The average Bonchev–Trinajstić information content (AvgIpc) is 3.08. The molecule has 0 bridgehead atoms. The van der Waals surface area contributed by atoms with Crippen molar-refractivity contribution in [2.45, 2.75) is 32.7 Å². The number of likely N-dealkylation sites (tertiary alicyclic amines) is 1. The van der Waals surface area contributed by atoms with E-state index in [4.69, 9.17) is 5.73 Å². The highest BCUT2D eigenvalue weighted by Gasteiger charge is 2.28. The number of piperidine rings is 1. The smallest absolute Gasteiger partial charge is 0.276 e. The summed E-state index contributed by atoms with van der Waals surface area (Å²) >= 11 is 0. The molecule has 0 radical (unpaired) electrons. The third-order valence-electron chi connectivity index (χ3n) is 5.55. The van der Waals surface area contributed by atoms with Crippen molar-refractivity contribution < 1.29 is 4.79 Å². The molecule has 1 aliphatic heterocycles. The van der Waals surface area contributed by atoms with E-state index in [1.165, 1.54) is 0 Å². The normalized spacial score (nSPS) is 16.6. The lowest BCUT2D eigenvalue weighted by atomic mass is 9.91. The molecule has 0 aliphatic carbocycles. The van der Waals surface area contributed by atoms with Gasteiger partial charge < -0.3 is 10.6 Å². The summed E-state index contributed by atoms with van der Waals surface area (Å²) in [5.74, 6) is 0.430. The first-order valence-electron chi connectivity index (χ1n) is 9.36. The molecule has 1 atom stereocenters. The predicted octanol–water partition coefficient (Wildman–Crippen LogP) is 2.32. The van der Waals surface area contributed by atoms with Crippen LogP contribution in [0, 0.1) is 12.8 Å². The zero-order chi connectivity index (χ0) is 19.0. The molecule has 1 amide bonds. The van der Waals surface area contributed by atoms with Crippen LogP contribution in [0.1, 0.15) is 35.9 Å². The van der Waals surface area contributed by atoms with E-state index in [9.17, 15) is 4.79 Å². The van der Waals surface area contributed by atoms with Crippen LogP contribution in [-0.4, -0.2) is 49.9 Å². The third kappa shape index (κ3) is 3.19. The average molecular weight is 364 g/mol. The molecule has 3 heterocycles. The molecule has 0 spiro atoms. The fourth-order valence-electron chi connectivity index (χ4n) is 3.82. The van der Waals surface area contributed by atoms with E-state index in [0.717, 1.165) is 48.1 Å². The molecule has 2 N–H and O–H groups in total. The molecule has 140 valence electrons. The zero-order valence-electron chi connectivity index (χ0n) is 15.7. The number of nitrogens with zero attached hydrogens (tertiary/aromatic N) is 5. The maximum Gasteiger partial charge on any atom is 0.276 e. The van der Waals surface area contributed by atoms with E-state index in [2.05, 4.69) is 15.3 Å². The number of carbonyl (C=O) groups is 1. The highest BCUT2D eigenvalue weighted by atomic mass is 16.2. The van der Waals surface area contributed by atoms with Crippen LogP contribution in [0.5, 0.6) is 0 Å². The van der Waals surface area contributed by atoms with Crippen LogP contribution >= 0.6 is 0 Å². The second-order valence-electron chi connectivity index (χ2n) is 7.30. The van der Waals surface area contributed by atoms with Crippen LogP contribution in [0.2, 0.25) is 0 Å². The number of fused-ring (bicyclic) bond motifs is 1. The van der Waals surface area contributed by atoms with Gasteiger partial charge in [-0.05, 0) is 44.7 Å². The lowest BCUT2D eigenvalue weighted by molar-refractivity contribution is 0.0674. The van der Waals surface area contributed by atoms with E-state index in [0.29, 0.717) is 11.6 Å². The van der Waals surface area contributed by atoms with E-state index in [1.807, 2.05) is 49.2 Å². The molecule has 2 aromatic heterocycles. The van der Waals surface area contributed by atoms with Gasteiger partial charge in [0.25, 0.3) is 5.91 Å². The summed E-state index contributed by atoms with van der Waals surface area (Å²) in [5, 5.41) is 10.5. The highest BCUT2D eigenvalue weighted by Crippen LogP contribution is 2.24. The van der Waals surface area contributed by atoms with Gasteiger partial charge >= 0.3 is 0 Å². The fourth-order valence-corrected chi connectivity index (χ4v) is 3.82. The number of hydrogen-bond acceptors (Lipinski definition) is 5. The Kier molecular flexibility index (Phi) is 4.61. The van der Waals surface area contributed by atoms with E-state index in [1.54, 1.807) is 10.9 Å². The number of amides is 1. The van der Waals surface area contributed by atoms with Crippen molar-refractivity contribution in [1.29, 1.82) is 0 Å². The summed E-state index contributed by atoms with van der Waals surface area (Å²) in [6, 6.07) is 8.07. The van der Waals surface area contributed by atoms with Crippen molar-refractivity contribution in [3.8, 4) is 5.69 Å². The Hall–Kier alpha value is -2.80. The highest BCUT2D eigenvalue weighted by molar-refractivity contribution is 5.94. The van der Waals surface area contributed by atoms with Gasteiger partial charge in [0, 0.05) is 42.3 Å². The molecule has 0 saturated carbocycles. The second-order valence-corrected chi connectivity index (χ2v) is 7.30. The summed E-state index contributed by atoms with van der Waals surface area (Å²) in [6.07, 6.45) is 5.45. The standard InChI is InChI=1S/C20H24N6O/c1-13(21)15-7-10-25(11-8-15)20(27)19-14(2)26(24-23-19)18-5-3-4-16-12-22-9-6-17(16)18/h3-6,9,12-13,15H,7-8,10-11,21H2,1-2H3. The number of aromatic nitrogens is 4. The molecule has 4 rings (SSSR count). The summed E-state index contributed by atoms with van der Waals surface area (Å²) in [6.45, 7) is 5.37. The zero-order valence-corrected chi connectivity index (χ0v) is 15.7. The van der Waals surface area contributed by atoms with Gasteiger partial charge in [-0.15, -0.1) is 5.10 Å². The molecule has 7 nitrogen and oxygen atoms in total. The van der Waals surface area contributed by atoms with Crippen LogP contribution in [0.15, 0.2) is 36.7 Å². The molecule has 27 heavy (non-hydrogen) atoms. The summed E-state index contributed by atoms with van der Waals surface area (Å²) in [4.78, 5) is 19.0. The topological polar surface area (TPSA) is 89.9 Å². The minimum atomic E-state index is -0.0521. The van der Waals surface area contributed by atoms with Gasteiger partial charge in [-0.2, -0.15) is 0 Å². The van der Waals surface area contributed by atoms with Crippen molar-refractivity contribution in [3.63, 3.8) is 0 Å². The van der Waals surface area contributed by atoms with Gasteiger partial charge in [0.05, 0.1) is 11.4 Å². The Balaban J connectivity index is 1.62. The number of carbonyl (C=O) groups excluding carboxylic acids is 1. The molecular weight excluding hydrogens is 340 g/mol. The van der Waals surface area contributed by atoms with Gasteiger partial charge in [0.1, 0.15) is 0 Å². The lowest BCUT2D eigenvalue weighted by Gasteiger charge is -2.33. The predicted molar refractivity (Wildman–Crippen MR) is 104 cm³/mol. The molecule has 1 unspecified atom stereocenters. The molecule has 1 saturated heterocycles. The SMILES string of the molecule is Cc1c(C(=O)N2CCC(C(C)N)CC2)nnn1-c1cccc2cnccc12. The number of hydrogen-bond donors (Lipinski definition) is 1. The number of nitrogens with two attached hydrogens (primary N) is 1. The molecule has 3 aromatic rings. The monoisotopic (exact) mass is 364 g/mol. The van der Waals surface area contributed by atoms with Gasteiger partial charge in [0.15, 0.2) is 5.69 Å². The minimum Gasteiger partial charge on any atom is -0.337 e. The maximum atomic E-state index is 13.0. The Morgan fingerprint density at radius 1 is 1.26 bits per heavy atom. The summed E-state index contributed by atoms with van der Waals surface area (Å²) in [5.41, 5.74) is 8.07.